The normalized spacial score (nSPS) is 19.1. The first-order valence-corrected chi connectivity index (χ1v) is 26.4. The molecule has 10 aromatic rings. The summed E-state index contributed by atoms with van der Waals surface area (Å²) in [4.78, 5) is 18.5. The molecule has 0 spiro atoms. The summed E-state index contributed by atoms with van der Waals surface area (Å²) in [5.74, 6) is 0.722. The first kappa shape index (κ1) is 41.2. The van der Waals surface area contributed by atoms with Gasteiger partial charge in [-0.1, -0.05) is 166 Å². The fraction of sp³-hybridized carbons (Fsp3) is 0.108. The summed E-state index contributed by atoms with van der Waals surface area (Å²) < 4.78 is 0. The lowest BCUT2D eigenvalue weighted by Crippen LogP contribution is -2.22. The van der Waals surface area contributed by atoms with Crippen LogP contribution in [0.4, 0.5) is 23.0 Å². The van der Waals surface area contributed by atoms with Crippen LogP contribution in [0.1, 0.15) is 69.8 Å². The molecule has 4 atom stereocenters. The molecular weight excluding hydrogens is 901 g/mol. The molecule has 71 heavy (non-hydrogen) atoms. The van der Waals surface area contributed by atoms with Gasteiger partial charge in [0.2, 0.25) is 5.95 Å². The zero-order chi connectivity index (χ0) is 47.0. The molecule has 1 aliphatic carbocycles. The van der Waals surface area contributed by atoms with Crippen molar-refractivity contribution in [3.05, 3.63) is 252 Å². The molecule has 0 fully saturated rings. The Labute approximate surface area is 423 Å². The minimum Gasteiger partial charge on any atom is -0.332 e. The van der Waals surface area contributed by atoms with Crippen LogP contribution in [0, 0.1) is 0 Å². The largest absolute Gasteiger partial charge is 0.332 e. The summed E-state index contributed by atoms with van der Waals surface area (Å²) in [5, 5.41) is 0.506. The molecule has 4 nitrogen and oxygen atoms in total. The highest BCUT2D eigenvalue weighted by atomic mass is 32.2. The van der Waals surface area contributed by atoms with Crippen LogP contribution in [-0.4, -0.2) is 9.97 Å². The number of thioether (sulfide) groups is 2. The second-order valence-corrected chi connectivity index (χ2v) is 22.3. The molecule has 4 unspecified atom stereocenters. The van der Waals surface area contributed by atoms with Gasteiger partial charge in [0.15, 0.2) is 0 Å². The number of para-hydroxylation sites is 1. The first-order valence-electron chi connectivity index (χ1n) is 24.7. The van der Waals surface area contributed by atoms with E-state index in [4.69, 9.17) is 9.97 Å². The molecule has 9 aromatic carbocycles. The van der Waals surface area contributed by atoms with Crippen molar-refractivity contribution in [3.8, 4) is 55.9 Å². The van der Waals surface area contributed by atoms with Crippen LogP contribution < -0.4 is 9.80 Å². The quantitative estimate of drug-likeness (QED) is 0.165. The number of fused-ring (bicyclic) bond motifs is 13. The van der Waals surface area contributed by atoms with Crippen LogP contribution in [0.15, 0.2) is 228 Å². The van der Waals surface area contributed by atoms with Gasteiger partial charge in [-0.3, -0.25) is 0 Å². The smallest absolute Gasteiger partial charge is 0.231 e. The van der Waals surface area contributed by atoms with Gasteiger partial charge in [-0.2, -0.15) is 0 Å². The third-order valence-electron chi connectivity index (χ3n) is 15.7. The monoisotopic (exact) mass is 946 g/mol. The van der Waals surface area contributed by atoms with Gasteiger partial charge in [0.25, 0.3) is 0 Å². The van der Waals surface area contributed by atoms with Crippen molar-refractivity contribution in [1.29, 1.82) is 0 Å². The lowest BCUT2D eigenvalue weighted by atomic mass is 9.82. The summed E-state index contributed by atoms with van der Waals surface area (Å²) >= 11 is 3.99. The van der Waals surface area contributed by atoms with Crippen molar-refractivity contribution in [2.45, 2.75) is 51.6 Å². The summed E-state index contributed by atoms with van der Waals surface area (Å²) in [5.41, 5.74) is 23.4. The van der Waals surface area contributed by atoms with Crippen molar-refractivity contribution in [2.75, 3.05) is 9.80 Å². The van der Waals surface area contributed by atoms with E-state index >= 15 is 0 Å². The summed E-state index contributed by atoms with van der Waals surface area (Å²) in [6.45, 7) is 4.77. The van der Waals surface area contributed by atoms with Crippen LogP contribution in [-0.2, 0) is 5.41 Å². The highest BCUT2D eigenvalue weighted by molar-refractivity contribution is 8.00. The number of aromatic nitrogens is 2. The molecule has 338 valence electrons. The Balaban J connectivity index is 0.820. The van der Waals surface area contributed by atoms with Crippen LogP contribution in [0.5, 0.6) is 0 Å². The average Bonchev–Trinajstić information content (AvgIpc) is 4.22. The number of rotatable bonds is 6. The van der Waals surface area contributed by atoms with Gasteiger partial charge < -0.3 is 9.80 Å². The Kier molecular flexibility index (Phi) is 9.09. The number of hydrogen-bond acceptors (Lipinski definition) is 6. The first-order chi connectivity index (χ1) is 34.9. The molecule has 5 aliphatic rings. The van der Waals surface area contributed by atoms with E-state index in [0.717, 1.165) is 28.5 Å². The Morgan fingerprint density at radius 2 is 0.803 bits per heavy atom. The minimum absolute atomic E-state index is 0.0521. The molecule has 1 aromatic heterocycles. The third-order valence-corrected chi connectivity index (χ3v) is 18.5. The van der Waals surface area contributed by atoms with E-state index in [-0.39, 0.29) is 22.7 Å². The van der Waals surface area contributed by atoms with Crippen molar-refractivity contribution in [1.82, 2.24) is 9.97 Å². The second kappa shape index (κ2) is 15.7. The zero-order valence-corrected chi connectivity index (χ0v) is 40.8. The third kappa shape index (κ3) is 6.27. The highest BCUT2D eigenvalue weighted by Gasteiger charge is 2.48. The minimum atomic E-state index is -0.125. The molecular formula is C65H46N4S2. The van der Waals surface area contributed by atoms with Crippen LogP contribution >= 0.6 is 23.5 Å². The fourth-order valence-corrected chi connectivity index (χ4v) is 15.3. The van der Waals surface area contributed by atoms with Gasteiger partial charge in [0, 0.05) is 43.4 Å². The predicted molar refractivity (Wildman–Crippen MR) is 294 cm³/mol. The van der Waals surface area contributed by atoms with Gasteiger partial charge in [-0.05, 0) is 133 Å². The van der Waals surface area contributed by atoms with Crippen LogP contribution in [0.3, 0.4) is 0 Å². The summed E-state index contributed by atoms with van der Waals surface area (Å²) in [6.07, 6.45) is 0. The lowest BCUT2D eigenvalue weighted by Gasteiger charge is -2.27. The molecule has 0 bridgehead atoms. The van der Waals surface area contributed by atoms with Crippen molar-refractivity contribution in [2.24, 2.45) is 0 Å². The van der Waals surface area contributed by atoms with Gasteiger partial charge in [-0.15, -0.1) is 23.5 Å². The van der Waals surface area contributed by atoms with Crippen molar-refractivity contribution >= 4 is 46.5 Å². The Hall–Kier alpha value is -7.64. The zero-order valence-electron chi connectivity index (χ0n) is 39.2. The van der Waals surface area contributed by atoms with Crippen LogP contribution in [0.25, 0.3) is 55.9 Å². The highest BCUT2D eigenvalue weighted by Crippen LogP contribution is 2.66. The Bertz CT molecular complexity index is 3740. The van der Waals surface area contributed by atoms with Crippen LogP contribution in [0.2, 0.25) is 0 Å². The van der Waals surface area contributed by atoms with E-state index < -0.39 is 0 Å². The molecule has 0 N–H and O–H groups in total. The SMILES string of the molecule is CC1(C)c2ccc(-c3ccc4c(c3)C3Sc5ccccc5C3N4c3ccccc3)cc2-c2cc(-c3ccc4c(c3)C3Sc5ccccc5C3N4c3nc(-c4ccccc4)cc(-c4ccccc4)n3)ccc21. The maximum absolute atomic E-state index is 5.38. The molecule has 0 radical (unpaired) electrons. The summed E-state index contributed by atoms with van der Waals surface area (Å²) in [7, 11) is 0. The average molecular weight is 947 g/mol. The molecule has 15 rings (SSSR count). The van der Waals surface area contributed by atoms with E-state index in [9.17, 15) is 0 Å². The van der Waals surface area contributed by atoms with Gasteiger partial charge >= 0.3 is 0 Å². The van der Waals surface area contributed by atoms with E-state index in [2.05, 4.69) is 242 Å². The number of anilines is 4. The van der Waals surface area contributed by atoms with E-state index in [1.807, 2.05) is 23.5 Å². The molecule has 0 amide bonds. The Morgan fingerprint density at radius 1 is 0.380 bits per heavy atom. The van der Waals surface area contributed by atoms with E-state index in [1.165, 1.54) is 93.6 Å². The molecule has 0 saturated carbocycles. The number of hydrogen-bond donors (Lipinski definition) is 0. The molecule has 6 heteroatoms. The Morgan fingerprint density at radius 3 is 1.32 bits per heavy atom. The topological polar surface area (TPSA) is 32.3 Å². The van der Waals surface area contributed by atoms with E-state index in [1.54, 1.807) is 0 Å². The fourth-order valence-electron chi connectivity index (χ4n) is 12.4. The van der Waals surface area contributed by atoms with Gasteiger partial charge in [0.1, 0.15) is 0 Å². The van der Waals surface area contributed by atoms with Crippen molar-refractivity contribution < 1.29 is 0 Å². The van der Waals surface area contributed by atoms with Gasteiger partial charge in [-0.25, -0.2) is 9.97 Å². The second-order valence-electron chi connectivity index (χ2n) is 20.0. The van der Waals surface area contributed by atoms with E-state index in [0.29, 0.717) is 5.25 Å². The maximum Gasteiger partial charge on any atom is 0.231 e. The van der Waals surface area contributed by atoms with Crippen molar-refractivity contribution in [3.63, 3.8) is 0 Å². The molecule has 4 aliphatic heterocycles. The standard InChI is InChI=1S/C65H46N4S2/c1-65(2)52-30-26-41(43-28-32-56-50(36-43)62-60(46-22-12-14-24-58(46)70-62)68(56)45-20-10-5-11-21-45)34-48(52)49-35-42(27-31-53(49)65)44-29-33-57-51(37-44)63-61(47-23-13-15-25-59(47)71-63)69(57)64-66-54(39-16-6-3-7-17-39)38-55(67-64)40-18-8-4-9-19-40/h3-38,60-63H,1-2H3. The number of nitrogens with zero attached hydrogens (tertiary/aromatic N) is 4. The number of benzene rings is 9. The summed E-state index contributed by atoms with van der Waals surface area (Å²) in [6, 6.07) is 81.0. The molecule has 0 saturated heterocycles. The van der Waals surface area contributed by atoms with Gasteiger partial charge in [0.05, 0.1) is 34.0 Å². The lowest BCUT2D eigenvalue weighted by molar-refractivity contribution is 0.660. The maximum atomic E-state index is 5.38. The molecule has 5 heterocycles. The predicted octanol–water partition coefficient (Wildman–Crippen LogP) is 17.5.